The zero-order valence-electron chi connectivity index (χ0n) is 10.8. The summed E-state index contributed by atoms with van der Waals surface area (Å²) in [5, 5.41) is 16.6. The van der Waals surface area contributed by atoms with Gasteiger partial charge in [-0.05, 0) is 56.6 Å². The molecule has 3 N–H and O–H groups in total. The first-order valence-electron chi connectivity index (χ1n) is 6.57. The van der Waals surface area contributed by atoms with Gasteiger partial charge in [-0.15, -0.1) is 0 Å². The molecular weight excluding hydrogens is 246 g/mol. The Morgan fingerprint density at radius 3 is 1.85 bits per heavy atom. The molecule has 20 heavy (non-hydrogen) atoms. The van der Waals surface area contributed by atoms with E-state index in [1.54, 1.807) is 6.07 Å². The highest BCUT2D eigenvalue weighted by Crippen LogP contribution is 2.37. The first-order valence-corrected chi connectivity index (χ1v) is 6.57. The summed E-state index contributed by atoms with van der Waals surface area (Å²) in [5.74, 6) is 0.275. The van der Waals surface area contributed by atoms with Crippen molar-refractivity contribution in [3.8, 4) is 5.75 Å². The zero-order valence-corrected chi connectivity index (χ0v) is 10.8. The van der Waals surface area contributed by atoms with Gasteiger partial charge >= 0.3 is 0 Å². The highest BCUT2D eigenvalue weighted by atomic mass is 16.3. The summed E-state index contributed by atoms with van der Waals surface area (Å²) in [6.45, 7) is 0. The zero-order chi connectivity index (χ0) is 13.7. The van der Waals surface area contributed by atoms with Crippen molar-refractivity contribution >= 4 is 38.0 Å². The van der Waals surface area contributed by atoms with E-state index < -0.39 is 0 Å². The van der Waals surface area contributed by atoms with E-state index in [2.05, 4.69) is 18.2 Å². The van der Waals surface area contributed by atoms with Crippen molar-refractivity contribution in [2.75, 3.05) is 5.73 Å². The molecule has 0 atom stereocenters. The minimum Gasteiger partial charge on any atom is -0.508 e. The number of aromatic hydroxyl groups is 1. The first-order chi connectivity index (χ1) is 9.74. The molecule has 0 fully saturated rings. The third-order valence-electron chi connectivity index (χ3n) is 3.84. The summed E-state index contributed by atoms with van der Waals surface area (Å²) in [6, 6.07) is 19.8. The molecule has 0 radical (unpaired) electrons. The van der Waals surface area contributed by atoms with Gasteiger partial charge in [-0.3, -0.25) is 0 Å². The molecule has 0 aliphatic carbocycles. The number of hydrogen-bond donors (Lipinski definition) is 2. The highest BCUT2D eigenvalue weighted by Gasteiger charge is 2.08. The molecule has 96 valence electrons. The molecule has 0 aliphatic rings. The largest absolute Gasteiger partial charge is 0.508 e. The Hall–Kier alpha value is -2.74. The Morgan fingerprint density at radius 1 is 0.600 bits per heavy atom. The van der Waals surface area contributed by atoms with Crippen LogP contribution in [0.25, 0.3) is 32.3 Å². The molecule has 4 rings (SSSR count). The van der Waals surface area contributed by atoms with Crippen molar-refractivity contribution in [1.29, 1.82) is 0 Å². The summed E-state index contributed by atoms with van der Waals surface area (Å²) in [4.78, 5) is 0. The van der Waals surface area contributed by atoms with E-state index in [9.17, 15) is 5.11 Å². The average molecular weight is 259 g/mol. The third kappa shape index (κ3) is 1.45. The van der Waals surface area contributed by atoms with Crippen LogP contribution in [-0.4, -0.2) is 5.11 Å². The lowest BCUT2D eigenvalue weighted by Crippen LogP contribution is -1.87. The molecule has 0 amide bonds. The fourth-order valence-electron chi connectivity index (χ4n) is 2.96. The van der Waals surface area contributed by atoms with Gasteiger partial charge < -0.3 is 10.8 Å². The summed E-state index contributed by atoms with van der Waals surface area (Å²) < 4.78 is 0. The van der Waals surface area contributed by atoms with Crippen LogP contribution in [0.1, 0.15) is 0 Å². The number of fused-ring (bicyclic) bond motifs is 6. The SMILES string of the molecule is Nc1ccc2c3ccccc3c3ccc(O)cc3c2c1. The molecule has 0 bridgehead atoms. The third-order valence-corrected chi connectivity index (χ3v) is 3.84. The molecule has 0 spiro atoms. The van der Waals surface area contributed by atoms with E-state index in [1.165, 1.54) is 10.8 Å². The quantitative estimate of drug-likeness (QED) is 0.362. The normalized spacial score (nSPS) is 11.4. The van der Waals surface area contributed by atoms with Crippen LogP contribution in [0.2, 0.25) is 0 Å². The van der Waals surface area contributed by atoms with Crippen LogP contribution >= 0.6 is 0 Å². The highest BCUT2D eigenvalue weighted by molar-refractivity contribution is 6.25. The van der Waals surface area contributed by atoms with Crippen LogP contribution in [0.5, 0.6) is 5.75 Å². The number of nitrogens with two attached hydrogens (primary N) is 1. The lowest BCUT2D eigenvalue weighted by molar-refractivity contribution is 0.476. The second kappa shape index (κ2) is 3.87. The van der Waals surface area contributed by atoms with Crippen LogP contribution in [0.3, 0.4) is 0 Å². The monoisotopic (exact) mass is 259 g/mol. The first kappa shape index (κ1) is 11.1. The van der Waals surface area contributed by atoms with Gasteiger partial charge in [0.25, 0.3) is 0 Å². The van der Waals surface area contributed by atoms with Gasteiger partial charge in [0.15, 0.2) is 0 Å². The van der Waals surface area contributed by atoms with Crippen LogP contribution in [0.4, 0.5) is 5.69 Å². The second-order valence-corrected chi connectivity index (χ2v) is 5.08. The molecule has 0 saturated carbocycles. The molecule has 2 heteroatoms. The smallest absolute Gasteiger partial charge is 0.116 e. The molecule has 0 heterocycles. The standard InChI is InChI=1S/C18H13NO/c19-11-5-7-15-13-3-1-2-4-14(13)16-8-6-12(20)10-18(16)17(15)9-11/h1-10,20H,19H2. The van der Waals surface area contributed by atoms with Gasteiger partial charge in [-0.1, -0.05) is 36.4 Å². The van der Waals surface area contributed by atoms with E-state index in [0.29, 0.717) is 0 Å². The fraction of sp³-hybridized carbons (Fsp3) is 0. The van der Waals surface area contributed by atoms with Gasteiger partial charge in [0, 0.05) is 5.69 Å². The summed E-state index contributed by atoms with van der Waals surface area (Å²) >= 11 is 0. The Labute approximate surface area is 116 Å². The maximum absolute atomic E-state index is 9.80. The number of benzene rings is 4. The average Bonchev–Trinajstić information content (AvgIpc) is 2.47. The van der Waals surface area contributed by atoms with Crippen LogP contribution in [0.15, 0.2) is 60.7 Å². The van der Waals surface area contributed by atoms with Crippen LogP contribution < -0.4 is 5.73 Å². The minimum absolute atomic E-state index is 0.275. The fourth-order valence-corrected chi connectivity index (χ4v) is 2.96. The van der Waals surface area contributed by atoms with Crippen molar-refractivity contribution in [2.45, 2.75) is 0 Å². The Kier molecular flexibility index (Phi) is 2.15. The molecule has 2 nitrogen and oxygen atoms in total. The van der Waals surface area contributed by atoms with E-state index in [4.69, 9.17) is 5.73 Å². The van der Waals surface area contributed by atoms with Gasteiger partial charge in [0.05, 0.1) is 0 Å². The van der Waals surface area contributed by atoms with Crippen molar-refractivity contribution in [2.24, 2.45) is 0 Å². The van der Waals surface area contributed by atoms with Crippen molar-refractivity contribution in [1.82, 2.24) is 0 Å². The van der Waals surface area contributed by atoms with E-state index in [1.807, 2.05) is 36.4 Å². The maximum Gasteiger partial charge on any atom is 0.116 e. The summed E-state index contributed by atoms with van der Waals surface area (Å²) in [6.07, 6.45) is 0. The Bertz CT molecular complexity index is 893. The maximum atomic E-state index is 9.80. The topological polar surface area (TPSA) is 46.2 Å². The van der Waals surface area contributed by atoms with E-state index >= 15 is 0 Å². The van der Waals surface area contributed by atoms with E-state index in [-0.39, 0.29) is 5.75 Å². The molecular formula is C18H13NO. The Morgan fingerprint density at radius 2 is 1.15 bits per heavy atom. The van der Waals surface area contributed by atoms with Crippen LogP contribution in [-0.2, 0) is 0 Å². The number of nitrogen functional groups attached to an aromatic ring is 1. The molecule has 4 aromatic rings. The lowest BCUT2D eigenvalue weighted by atomic mass is 9.94. The summed E-state index contributed by atoms with van der Waals surface area (Å²) in [5.41, 5.74) is 6.67. The summed E-state index contributed by atoms with van der Waals surface area (Å²) in [7, 11) is 0. The van der Waals surface area contributed by atoms with E-state index in [0.717, 1.165) is 27.2 Å². The number of phenols is 1. The predicted molar refractivity (Wildman–Crippen MR) is 85.0 cm³/mol. The molecule has 0 aliphatic heterocycles. The predicted octanol–water partition coefficient (Wildman–Crippen LogP) is 4.43. The molecule has 4 aromatic carbocycles. The molecule has 0 unspecified atom stereocenters. The second-order valence-electron chi connectivity index (χ2n) is 5.08. The van der Waals surface area contributed by atoms with Gasteiger partial charge in [-0.25, -0.2) is 0 Å². The van der Waals surface area contributed by atoms with Crippen molar-refractivity contribution in [3.05, 3.63) is 60.7 Å². The van der Waals surface area contributed by atoms with Crippen molar-refractivity contribution < 1.29 is 5.11 Å². The molecule has 0 saturated heterocycles. The number of anilines is 1. The van der Waals surface area contributed by atoms with Gasteiger partial charge in [-0.2, -0.15) is 0 Å². The van der Waals surface area contributed by atoms with Gasteiger partial charge in [0.1, 0.15) is 5.75 Å². The number of hydrogen-bond acceptors (Lipinski definition) is 2. The number of rotatable bonds is 0. The molecule has 0 aromatic heterocycles. The van der Waals surface area contributed by atoms with Crippen molar-refractivity contribution in [3.63, 3.8) is 0 Å². The van der Waals surface area contributed by atoms with Crippen LogP contribution in [0, 0.1) is 0 Å². The van der Waals surface area contributed by atoms with Gasteiger partial charge in [0.2, 0.25) is 0 Å². The number of phenolic OH excluding ortho intramolecular Hbond substituents is 1. The minimum atomic E-state index is 0.275. The Balaban J connectivity index is 2.41. The lowest BCUT2D eigenvalue weighted by Gasteiger charge is -2.11.